The quantitative estimate of drug-likeness (QED) is 0.0759. The third-order valence-electron chi connectivity index (χ3n) is 8.94. The Labute approximate surface area is 306 Å². The number of fused-ring (bicyclic) bond motifs is 2. The molecule has 0 spiro atoms. The van der Waals surface area contributed by atoms with E-state index in [1.165, 1.54) is 34.6 Å². The highest BCUT2D eigenvalue weighted by atomic mass is 16.6. The van der Waals surface area contributed by atoms with Gasteiger partial charge in [-0.05, 0) is 24.7 Å². The van der Waals surface area contributed by atoms with E-state index in [4.69, 9.17) is 20.9 Å². The molecular formula is C35H48N10O8. The molecule has 0 radical (unpaired) electrons. The monoisotopic (exact) mass is 736 g/mol. The second kappa shape index (κ2) is 18.5. The Kier molecular flexibility index (Phi) is 13.9. The minimum absolute atomic E-state index is 0.179. The van der Waals surface area contributed by atoms with Gasteiger partial charge in [-0.1, -0.05) is 57.8 Å². The number of aliphatic hydroxyl groups excluding tert-OH is 6. The van der Waals surface area contributed by atoms with Gasteiger partial charge in [0.1, 0.15) is 47.7 Å². The minimum atomic E-state index is -1.23. The molecule has 2 aliphatic heterocycles. The van der Waals surface area contributed by atoms with Crippen LogP contribution >= 0.6 is 0 Å². The summed E-state index contributed by atoms with van der Waals surface area (Å²) in [6, 6.07) is 0. The number of hydrogen-bond donors (Lipinski definition) is 8. The average molecular weight is 737 g/mol. The van der Waals surface area contributed by atoms with Crippen LogP contribution in [0.2, 0.25) is 0 Å². The largest absolute Gasteiger partial charge is 0.394 e. The molecule has 0 amide bonds. The van der Waals surface area contributed by atoms with E-state index in [1.54, 1.807) is 0 Å². The van der Waals surface area contributed by atoms with Crippen LogP contribution in [0.5, 0.6) is 0 Å². The van der Waals surface area contributed by atoms with E-state index in [0.717, 1.165) is 44.9 Å². The highest BCUT2D eigenvalue weighted by Gasteiger charge is 2.45. The van der Waals surface area contributed by atoms with Gasteiger partial charge in [-0.3, -0.25) is 9.13 Å². The summed E-state index contributed by atoms with van der Waals surface area (Å²) in [5, 5.41) is 58.9. The lowest BCUT2D eigenvalue weighted by Gasteiger charge is -2.16. The molecule has 8 atom stereocenters. The van der Waals surface area contributed by atoms with Gasteiger partial charge in [-0.15, -0.1) is 0 Å². The van der Waals surface area contributed by atoms with Crippen molar-refractivity contribution >= 4 is 34.0 Å². The fourth-order valence-corrected chi connectivity index (χ4v) is 5.97. The summed E-state index contributed by atoms with van der Waals surface area (Å²) in [4.78, 5) is 25.4. The molecule has 6 rings (SSSR count). The molecule has 18 heteroatoms. The Bertz CT molecular complexity index is 1950. The van der Waals surface area contributed by atoms with Crippen molar-refractivity contribution < 1.29 is 40.1 Å². The van der Waals surface area contributed by atoms with Gasteiger partial charge in [-0.25, -0.2) is 29.9 Å². The van der Waals surface area contributed by atoms with Gasteiger partial charge in [-0.2, -0.15) is 0 Å². The Morgan fingerprint density at radius 2 is 1.04 bits per heavy atom. The van der Waals surface area contributed by atoms with Gasteiger partial charge in [0.2, 0.25) is 11.6 Å². The van der Waals surface area contributed by atoms with Gasteiger partial charge >= 0.3 is 0 Å². The van der Waals surface area contributed by atoms with Gasteiger partial charge in [0.05, 0.1) is 25.9 Å². The van der Waals surface area contributed by atoms with Crippen LogP contribution < -0.4 is 11.5 Å². The number of anilines is 2. The highest BCUT2D eigenvalue weighted by molar-refractivity contribution is 5.82. The van der Waals surface area contributed by atoms with Gasteiger partial charge in [0.15, 0.2) is 35.4 Å². The number of aliphatic hydroxyl groups is 6. The van der Waals surface area contributed by atoms with Crippen molar-refractivity contribution in [2.24, 2.45) is 0 Å². The van der Waals surface area contributed by atoms with Crippen LogP contribution in [0, 0.1) is 23.7 Å². The number of rotatable bonds is 11. The molecule has 10 N–H and O–H groups in total. The summed E-state index contributed by atoms with van der Waals surface area (Å²) >= 11 is 0. The molecule has 0 aliphatic carbocycles. The first kappa shape index (κ1) is 39.7. The van der Waals surface area contributed by atoms with E-state index in [2.05, 4.69) is 67.4 Å². The smallest absolute Gasteiger partial charge is 0.208 e. The van der Waals surface area contributed by atoms with E-state index in [1.807, 2.05) is 0 Å². The van der Waals surface area contributed by atoms with E-state index in [0.29, 0.717) is 22.3 Å². The van der Waals surface area contributed by atoms with Gasteiger partial charge < -0.3 is 51.6 Å². The lowest BCUT2D eigenvalue weighted by molar-refractivity contribution is -0.0511. The van der Waals surface area contributed by atoms with Crippen LogP contribution in [0.4, 0.5) is 11.6 Å². The topological polar surface area (TPSA) is 279 Å². The first-order chi connectivity index (χ1) is 25.6. The lowest BCUT2D eigenvalue weighted by atomic mass is 10.1. The Hall–Kier alpha value is -4.50. The second-order valence-corrected chi connectivity index (χ2v) is 12.8. The molecule has 2 saturated heterocycles. The first-order valence-electron chi connectivity index (χ1n) is 17.9. The van der Waals surface area contributed by atoms with E-state index in [-0.39, 0.29) is 23.3 Å². The molecule has 4 aromatic rings. The summed E-state index contributed by atoms with van der Waals surface area (Å²) < 4.78 is 14.0. The van der Waals surface area contributed by atoms with Crippen LogP contribution in [0.15, 0.2) is 12.7 Å². The molecule has 6 heterocycles. The van der Waals surface area contributed by atoms with Gasteiger partial charge in [0, 0.05) is 12.8 Å². The molecule has 2 aliphatic rings. The maximum absolute atomic E-state index is 10.2. The van der Waals surface area contributed by atoms with Crippen molar-refractivity contribution in [3.63, 3.8) is 0 Å². The summed E-state index contributed by atoms with van der Waals surface area (Å²) in [5.41, 5.74) is 13.3. The Morgan fingerprint density at radius 1 is 0.623 bits per heavy atom. The maximum atomic E-state index is 10.2. The summed E-state index contributed by atoms with van der Waals surface area (Å²) in [5.74, 6) is 12.8. The number of imidazole rings is 2. The minimum Gasteiger partial charge on any atom is -0.394 e. The van der Waals surface area contributed by atoms with Crippen molar-refractivity contribution in [1.29, 1.82) is 0 Å². The fraction of sp³-hybridized carbons (Fsp3) is 0.600. The lowest BCUT2D eigenvalue weighted by Crippen LogP contribution is -2.33. The molecule has 286 valence electrons. The highest BCUT2D eigenvalue weighted by Crippen LogP contribution is 2.33. The first-order valence-corrected chi connectivity index (χ1v) is 17.9. The van der Waals surface area contributed by atoms with Crippen LogP contribution in [-0.4, -0.2) is 120 Å². The number of ether oxygens (including phenoxy) is 2. The van der Waals surface area contributed by atoms with E-state index < -0.39 is 62.3 Å². The summed E-state index contributed by atoms with van der Waals surface area (Å²) in [6.07, 6.45) is 3.61. The van der Waals surface area contributed by atoms with E-state index in [9.17, 15) is 30.6 Å². The normalized spacial score (nSPS) is 25.1. The maximum Gasteiger partial charge on any atom is 0.208 e. The average Bonchev–Trinajstić information content (AvgIpc) is 3.91. The third kappa shape index (κ3) is 9.01. The standard InChI is InChI=1S/C18H25N5O4.C17H23N5O4/c1-2-3-4-5-6-7-8-12-21-16(19)13-17(22-12)23(10-20-13)18-15(26)14(25)11(9-24)27-18;1-2-3-4-5-6-7-11-20-15(18)12-16(21-11)22(9-19-12)17-14(25)13(24)10(8-23)26-17/h10-11,14-15,18,24-26H,2-6,9H2,1H3,(H2,19,21,22);9-10,13-14,17,23-25H,2-5,8H2,1H3,(H2,18,20,21)/t11-,14-,15-,18-;10-,13-,14-,17-/m11/s1. The number of nitrogens with two attached hydrogens (primary N) is 2. The molecule has 0 aromatic carbocycles. The Balaban J connectivity index is 0.000000204. The molecule has 4 aromatic heterocycles. The zero-order chi connectivity index (χ0) is 38.1. The summed E-state index contributed by atoms with van der Waals surface area (Å²) in [6.45, 7) is 3.47. The Morgan fingerprint density at radius 3 is 1.43 bits per heavy atom. The molecule has 2 fully saturated rings. The SMILES string of the molecule is CCCCCC#Cc1nc(N)c2ncn([C@@H]3O[C@H](CO)[C@@H](O)[C@H]3O)c2n1.CCCCCCC#Cc1nc(N)c2ncn([C@@H]3O[C@H](CO)[C@@H](O)[C@H]3O)c2n1. The molecule has 0 bridgehead atoms. The van der Waals surface area contributed by atoms with Crippen LogP contribution in [0.1, 0.15) is 95.7 Å². The van der Waals surface area contributed by atoms with Crippen LogP contribution in [-0.2, 0) is 9.47 Å². The predicted octanol–water partition coefficient (Wildman–Crippen LogP) is 0.294. The number of aromatic nitrogens is 8. The molecule has 18 nitrogen and oxygen atoms in total. The molecular weight excluding hydrogens is 688 g/mol. The molecule has 0 saturated carbocycles. The predicted molar refractivity (Wildman–Crippen MR) is 192 cm³/mol. The molecule has 0 unspecified atom stereocenters. The van der Waals surface area contributed by atoms with E-state index >= 15 is 0 Å². The summed E-state index contributed by atoms with van der Waals surface area (Å²) in [7, 11) is 0. The fourth-order valence-electron chi connectivity index (χ4n) is 5.97. The number of nitrogen functional groups attached to an aromatic ring is 2. The van der Waals surface area contributed by atoms with Crippen molar-refractivity contribution in [2.75, 3.05) is 24.7 Å². The van der Waals surface area contributed by atoms with Crippen molar-refractivity contribution in [3.05, 3.63) is 24.3 Å². The third-order valence-corrected chi connectivity index (χ3v) is 8.94. The van der Waals surface area contributed by atoms with Crippen LogP contribution in [0.3, 0.4) is 0 Å². The zero-order valence-corrected chi connectivity index (χ0v) is 29.8. The number of hydrogen-bond acceptors (Lipinski definition) is 16. The molecule has 53 heavy (non-hydrogen) atoms. The van der Waals surface area contributed by atoms with Crippen LogP contribution in [0.25, 0.3) is 22.3 Å². The van der Waals surface area contributed by atoms with Crippen molar-refractivity contribution in [2.45, 2.75) is 121 Å². The van der Waals surface area contributed by atoms with Crippen molar-refractivity contribution in [3.8, 4) is 23.7 Å². The number of unbranched alkanes of at least 4 members (excludes halogenated alkanes) is 7. The van der Waals surface area contributed by atoms with Crippen molar-refractivity contribution in [1.82, 2.24) is 39.0 Å². The zero-order valence-electron chi connectivity index (χ0n) is 29.8. The number of nitrogens with zero attached hydrogens (tertiary/aromatic N) is 8. The van der Waals surface area contributed by atoms with Gasteiger partial charge in [0.25, 0.3) is 0 Å². The second-order valence-electron chi connectivity index (χ2n) is 12.8.